The Hall–Kier alpha value is -2.18. The van der Waals surface area contributed by atoms with E-state index in [-0.39, 0.29) is 17.0 Å². The predicted octanol–water partition coefficient (Wildman–Crippen LogP) is 4.46. The first-order chi connectivity index (χ1) is 15.3. The number of carbonyl (C=O) groups is 1. The first-order valence-electron chi connectivity index (χ1n) is 10.3. The van der Waals surface area contributed by atoms with Gasteiger partial charge in [-0.2, -0.15) is 26.3 Å². The summed E-state index contributed by atoms with van der Waals surface area (Å²) in [6.07, 6.45) is -9.12. The fourth-order valence-electron chi connectivity index (χ4n) is 3.47. The van der Waals surface area contributed by atoms with Gasteiger partial charge in [0.05, 0.1) is 16.6 Å². The van der Waals surface area contributed by atoms with Crippen LogP contribution in [0.1, 0.15) is 44.5 Å². The number of hydrogen-bond donors (Lipinski definition) is 1. The first kappa shape index (κ1) is 25.4. The van der Waals surface area contributed by atoms with Crippen molar-refractivity contribution in [3.05, 3.63) is 51.0 Å². The lowest BCUT2D eigenvalue weighted by Gasteiger charge is -2.32. The Morgan fingerprint density at radius 2 is 1.79 bits per heavy atom. The normalized spacial score (nSPS) is 17.2. The maximum atomic E-state index is 13.5. The van der Waals surface area contributed by atoms with Crippen LogP contribution in [0.5, 0.6) is 0 Å². The number of carbonyl (C=O) groups excluding carboxylic acids is 1. The van der Waals surface area contributed by atoms with Gasteiger partial charge in [-0.25, -0.2) is 4.98 Å². The maximum absolute atomic E-state index is 13.5. The molecule has 2 aromatic rings. The first-order valence-corrected chi connectivity index (χ1v) is 11.1. The number of aromatic nitrogens is 1. The van der Waals surface area contributed by atoms with Gasteiger partial charge < -0.3 is 15.1 Å². The second-order valence-corrected chi connectivity index (χ2v) is 9.08. The Morgan fingerprint density at radius 1 is 1.12 bits per heavy atom. The summed E-state index contributed by atoms with van der Waals surface area (Å²) in [4.78, 5) is 20.0. The number of benzene rings is 1. The molecule has 1 unspecified atom stereocenters. The molecule has 0 radical (unpaired) electrons. The van der Waals surface area contributed by atoms with E-state index in [0.29, 0.717) is 17.9 Å². The van der Waals surface area contributed by atoms with E-state index in [2.05, 4.69) is 20.1 Å². The standard InChI is InChI=1S/C21H24F6N4OS/c1-13(14-4-3-5-15(12-14)20(22,23)24)28-19(32)17-18(21(25,26)27)29-16(33-17)6-7-31-10-8-30(2)9-11-31/h3-5,12-13H,6-11H2,1-2H3,(H,28,32). The number of likely N-dealkylation sites (N-methyl/N-ethyl adjacent to an activating group) is 1. The van der Waals surface area contributed by atoms with E-state index in [9.17, 15) is 31.1 Å². The molecular formula is C21H24F6N4OS. The average Bonchev–Trinajstić information content (AvgIpc) is 3.18. The largest absolute Gasteiger partial charge is 0.435 e. The van der Waals surface area contributed by atoms with Gasteiger partial charge in [-0.3, -0.25) is 4.79 Å². The van der Waals surface area contributed by atoms with Crippen molar-refractivity contribution in [2.75, 3.05) is 39.8 Å². The summed E-state index contributed by atoms with van der Waals surface area (Å²) in [5.74, 6) is -1.02. The van der Waals surface area contributed by atoms with E-state index in [1.807, 2.05) is 7.05 Å². The number of nitrogens with one attached hydrogen (secondary N) is 1. The number of thiazole rings is 1. The van der Waals surface area contributed by atoms with Crippen LogP contribution in [0.3, 0.4) is 0 Å². The Kier molecular flexibility index (Phi) is 7.69. The summed E-state index contributed by atoms with van der Waals surface area (Å²) >= 11 is 0.668. The van der Waals surface area contributed by atoms with Gasteiger partial charge in [-0.1, -0.05) is 12.1 Å². The number of rotatable bonds is 6. The molecule has 1 aromatic heterocycles. The van der Waals surface area contributed by atoms with E-state index in [0.717, 1.165) is 38.3 Å². The lowest BCUT2D eigenvalue weighted by atomic mass is 10.0. The van der Waals surface area contributed by atoms with Gasteiger partial charge in [-0.15, -0.1) is 11.3 Å². The molecule has 0 aliphatic carbocycles. The van der Waals surface area contributed by atoms with Crippen LogP contribution in [0.4, 0.5) is 26.3 Å². The molecule has 3 rings (SSSR count). The fraction of sp³-hybridized carbons (Fsp3) is 0.524. The molecule has 0 spiro atoms. The number of piperazine rings is 1. The van der Waals surface area contributed by atoms with Crippen LogP contribution in [0, 0.1) is 0 Å². The molecule has 1 fully saturated rings. The molecule has 2 heterocycles. The Labute approximate surface area is 191 Å². The van der Waals surface area contributed by atoms with Crippen molar-refractivity contribution >= 4 is 17.2 Å². The average molecular weight is 495 g/mol. The van der Waals surface area contributed by atoms with Gasteiger partial charge in [-0.05, 0) is 31.7 Å². The molecule has 1 atom stereocenters. The molecule has 1 aliphatic heterocycles. The zero-order valence-electron chi connectivity index (χ0n) is 18.1. The van der Waals surface area contributed by atoms with Gasteiger partial charge in [0.25, 0.3) is 5.91 Å². The van der Waals surface area contributed by atoms with E-state index in [4.69, 9.17) is 0 Å². The number of amides is 1. The number of nitrogens with zero attached hydrogens (tertiary/aromatic N) is 3. The third-order valence-electron chi connectivity index (χ3n) is 5.45. The highest BCUT2D eigenvalue weighted by atomic mass is 32.1. The minimum atomic E-state index is -4.82. The molecule has 0 saturated carbocycles. The fourth-order valence-corrected chi connectivity index (χ4v) is 4.45. The molecule has 1 amide bonds. The van der Waals surface area contributed by atoms with Gasteiger partial charge >= 0.3 is 12.4 Å². The summed E-state index contributed by atoms with van der Waals surface area (Å²) in [6, 6.07) is 3.38. The van der Waals surface area contributed by atoms with Crippen LogP contribution in [-0.2, 0) is 18.8 Å². The minimum Gasteiger partial charge on any atom is -0.345 e. The van der Waals surface area contributed by atoms with Crippen molar-refractivity contribution in [1.29, 1.82) is 0 Å². The highest BCUT2D eigenvalue weighted by Gasteiger charge is 2.40. The molecular weight excluding hydrogens is 470 g/mol. The smallest absolute Gasteiger partial charge is 0.345 e. The summed E-state index contributed by atoms with van der Waals surface area (Å²) in [5, 5.41) is 2.57. The van der Waals surface area contributed by atoms with Crippen LogP contribution < -0.4 is 5.32 Å². The molecule has 1 aromatic carbocycles. The molecule has 33 heavy (non-hydrogen) atoms. The lowest BCUT2D eigenvalue weighted by Crippen LogP contribution is -2.45. The highest BCUT2D eigenvalue weighted by Crippen LogP contribution is 2.35. The second-order valence-electron chi connectivity index (χ2n) is 8.00. The molecule has 1 saturated heterocycles. The van der Waals surface area contributed by atoms with Crippen LogP contribution in [0.2, 0.25) is 0 Å². The molecule has 0 bridgehead atoms. The molecule has 5 nitrogen and oxygen atoms in total. The molecule has 182 valence electrons. The third-order valence-corrected chi connectivity index (χ3v) is 6.56. The summed E-state index contributed by atoms with van der Waals surface area (Å²) in [5.41, 5.74) is -2.04. The van der Waals surface area contributed by atoms with Gasteiger partial charge in [0.15, 0.2) is 5.69 Å². The SMILES string of the molecule is CC(NC(=O)c1sc(CCN2CCN(C)CC2)nc1C(F)(F)F)c1cccc(C(F)(F)F)c1. The van der Waals surface area contributed by atoms with E-state index in [1.165, 1.54) is 19.1 Å². The Morgan fingerprint density at radius 3 is 2.39 bits per heavy atom. The van der Waals surface area contributed by atoms with Crippen molar-refractivity contribution in [1.82, 2.24) is 20.1 Å². The van der Waals surface area contributed by atoms with E-state index < -0.39 is 40.4 Å². The van der Waals surface area contributed by atoms with Crippen LogP contribution in [0.15, 0.2) is 24.3 Å². The number of halogens is 6. The number of hydrogen-bond acceptors (Lipinski definition) is 5. The van der Waals surface area contributed by atoms with E-state index in [1.54, 1.807) is 0 Å². The third kappa shape index (κ3) is 6.67. The van der Waals surface area contributed by atoms with E-state index >= 15 is 0 Å². The van der Waals surface area contributed by atoms with Crippen molar-refractivity contribution in [3.8, 4) is 0 Å². The maximum Gasteiger partial charge on any atom is 0.435 e. The lowest BCUT2D eigenvalue weighted by molar-refractivity contribution is -0.141. The zero-order chi connectivity index (χ0) is 24.4. The van der Waals surface area contributed by atoms with Crippen molar-refractivity contribution in [2.24, 2.45) is 0 Å². The molecule has 1 N–H and O–H groups in total. The summed E-state index contributed by atoms with van der Waals surface area (Å²) < 4.78 is 79.4. The Balaban J connectivity index is 1.73. The summed E-state index contributed by atoms with van der Waals surface area (Å²) in [6.45, 7) is 5.28. The summed E-state index contributed by atoms with van der Waals surface area (Å²) in [7, 11) is 2.00. The minimum absolute atomic E-state index is 0.131. The second kappa shape index (κ2) is 9.98. The van der Waals surface area contributed by atoms with Gasteiger partial charge in [0, 0.05) is 39.1 Å². The van der Waals surface area contributed by atoms with Crippen LogP contribution in [0.25, 0.3) is 0 Å². The van der Waals surface area contributed by atoms with Crippen LogP contribution >= 0.6 is 11.3 Å². The number of alkyl halides is 6. The molecule has 1 aliphatic rings. The Bertz CT molecular complexity index is 966. The monoisotopic (exact) mass is 494 g/mol. The quantitative estimate of drug-likeness (QED) is 0.603. The predicted molar refractivity (Wildman–Crippen MR) is 112 cm³/mol. The van der Waals surface area contributed by atoms with Crippen molar-refractivity contribution in [3.63, 3.8) is 0 Å². The van der Waals surface area contributed by atoms with Crippen molar-refractivity contribution in [2.45, 2.75) is 31.7 Å². The molecule has 12 heteroatoms. The van der Waals surface area contributed by atoms with Gasteiger partial charge in [0.2, 0.25) is 0 Å². The van der Waals surface area contributed by atoms with Crippen molar-refractivity contribution < 1.29 is 31.1 Å². The topological polar surface area (TPSA) is 48.5 Å². The van der Waals surface area contributed by atoms with Gasteiger partial charge in [0.1, 0.15) is 4.88 Å². The zero-order valence-corrected chi connectivity index (χ0v) is 18.9. The van der Waals surface area contributed by atoms with Crippen LogP contribution in [-0.4, -0.2) is 60.5 Å². The highest BCUT2D eigenvalue weighted by molar-refractivity contribution is 7.13.